The Morgan fingerprint density at radius 3 is 2.73 bits per heavy atom. The normalized spacial score (nSPS) is 11.7. The highest BCUT2D eigenvalue weighted by Crippen LogP contribution is 2.36. The zero-order chi connectivity index (χ0) is 23.8. The Labute approximate surface area is 187 Å². The summed E-state index contributed by atoms with van der Waals surface area (Å²) in [7, 11) is 1.59. The Morgan fingerprint density at radius 1 is 1.21 bits per heavy atom. The van der Waals surface area contributed by atoms with Crippen LogP contribution in [0.1, 0.15) is 22.5 Å². The number of hydrogen-bond donors (Lipinski definition) is 1. The van der Waals surface area contributed by atoms with Crippen molar-refractivity contribution in [3.05, 3.63) is 65.2 Å². The second-order valence-corrected chi connectivity index (χ2v) is 7.58. The minimum absolute atomic E-state index is 0.0173. The molecule has 33 heavy (non-hydrogen) atoms. The maximum atomic E-state index is 13.5. The average Bonchev–Trinajstić information content (AvgIpc) is 3.30. The molecule has 11 heteroatoms. The van der Waals surface area contributed by atoms with Crippen molar-refractivity contribution < 1.29 is 22.7 Å². The fourth-order valence-corrected chi connectivity index (χ4v) is 3.62. The molecule has 0 atom stereocenters. The number of nitrogens with zero attached hydrogens (tertiary/aromatic N) is 5. The van der Waals surface area contributed by atoms with Crippen LogP contribution in [0.3, 0.4) is 0 Å². The maximum Gasteiger partial charge on any atom is 0.417 e. The highest BCUT2D eigenvalue weighted by Gasteiger charge is 2.35. The summed E-state index contributed by atoms with van der Waals surface area (Å²) in [5.41, 5.74) is 0.975. The van der Waals surface area contributed by atoms with Crippen LogP contribution in [0.25, 0.3) is 11.0 Å². The number of methoxy groups -OCH3 is 1. The topological polar surface area (TPSA) is 86.9 Å². The van der Waals surface area contributed by atoms with Gasteiger partial charge in [-0.25, -0.2) is 9.67 Å². The number of aryl methyl sites for hydroxylation is 2. The standard InChI is InChI=1S/C22H21F3N6O2/c1-13-7-18(22(23,24)25)20-14(2)29-31(21(20)27-13)12-19(32)28-16-9-26-30(11-16)10-15-5-4-6-17(8-15)33-3/h4-9,11H,10,12H2,1-3H3,(H,28,32). The first-order valence-electron chi connectivity index (χ1n) is 10.0. The van der Waals surface area contributed by atoms with Crippen LogP contribution in [0.2, 0.25) is 0 Å². The van der Waals surface area contributed by atoms with Gasteiger partial charge in [-0.3, -0.25) is 9.48 Å². The molecule has 3 heterocycles. The number of anilines is 1. The van der Waals surface area contributed by atoms with Crippen LogP contribution < -0.4 is 10.1 Å². The summed E-state index contributed by atoms with van der Waals surface area (Å²) in [5, 5.41) is 10.9. The molecule has 1 aromatic carbocycles. The maximum absolute atomic E-state index is 13.5. The number of amides is 1. The highest BCUT2D eigenvalue weighted by molar-refractivity contribution is 5.91. The van der Waals surface area contributed by atoms with Crippen LogP contribution in [0.4, 0.5) is 18.9 Å². The summed E-state index contributed by atoms with van der Waals surface area (Å²) in [5.74, 6) is 0.268. The summed E-state index contributed by atoms with van der Waals surface area (Å²) in [4.78, 5) is 16.8. The van der Waals surface area contributed by atoms with Gasteiger partial charge in [0.2, 0.25) is 5.91 Å². The van der Waals surface area contributed by atoms with Crippen LogP contribution in [0.5, 0.6) is 5.75 Å². The first-order chi connectivity index (χ1) is 15.6. The fourth-order valence-electron chi connectivity index (χ4n) is 3.62. The number of hydrogen-bond acceptors (Lipinski definition) is 5. The number of alkyl halides is 3. The van der Waals surface area contributed by atoms with E-state index in [-0.39, 0.29) is 29.0 Å². The van der Waals surface area contributed by atoms with Crippen molar-refractivity contribution in [3.63, 3.8) is 0 Å². The van der Waals surface area contributed by atoms with E-state index in [1.54, 1.807) is 18.0 Å². The molecule has 0 fully saturated rings. The molecular formula is C22H21F3N6O2. The number of carbonyl (C=O) groups excluding carboxylic acids is 1. The van der Waals surface area contributed by atoms with E-state index in [1.807, 2.05) is 24.3 Å². The third-order valence-electron chi connectivity index (χ3n) is 5.00. The smallest absolute Gasteiger partial charge is 0.417 e. The Kier molecular flexibility index (Phi) is 5.79. The number of benzene rings is 1. The van der Waals surface area contributed by atoms with E-state index in [4.69, 9.17) is 4.74 Å². The van der Waals surface area contributed by atoms with Crippen molar-refractivity contribution in [3.8, 4) is 5.75 Å². The second kappa shape index (κ2) is 8.57. The third-order valence-corrected chi connectivity index (χ3v) is 5.00. The van der Waals surface area contributed by atoms with E-state index < -0.39 is 17.6 Å². The number of pyridine rings is 1. The molecule has 0 bridgehead atoms. The van der Waals surface area contributed by atoms with Gasteiger partial charge in [-0.2, -0.15) is 23.4 Å². The molecule has 0 saturated heterocycles. The van der Waals surface area contributed by atoms with Crippen LogP contribution >= 0.6 is 0 Å². The third kappa shape index (κ3) is 4.81. The quantitative estimate of drug-likeness (QED) is 0.473. The van der Waals surface area contributed by atoms with Crippen molar-refractivity contribution in [1.29, 1.82) is 0 Å². The first-order valence-corrected chi connectivity index (χ1v) is 10.0. The van der Waals surface area contributed by atoms with Crippen LogP contribution in [0, 0.1) is 13.8 Å². The van der Waals surface area contributed by atoms with Gasteiger partial charge in [0, 0.05) is 11.9 Å². The fraction of sp³-hybridized carbons (Fsp3) is 0.273. The molecule has 0 radical (unpaired) electrons. The summed E-state index contributed by atoms with van der Waals surface area (Å²) in [6.45, 7) is 3.11. The molecule has 0 unspecified atom stereocenters. The Hall–Kier alpha value is -3.89. The molecule has 0 aliphatic rings. The SMILES string of the molecule is COc1cccc(Cn2cc(NC(=O)Cn3nc(C)c4c(C(F)(F)F)cc(C)nc43)cn2)c1. The number of rotatable bonds is 6. The highest BCUT2D eigenvalue weighted by atomic mass is 19.4. The Balaban J connectivity index is 1.50. The first kappa shape index (κ1) is 22.3. The van der Waals surface area contributed by atoms with E-state index in [0.29, 0.717) is 12.2 Å². The van der Waals surface area contributed by atoms with Gasteiger partial charge >= 0.3 is 6.18 Å². The molecule has 4 rings (SSSR count). The summed E-state index contributed by atoms with van der Waals surface area (Å²) in [6.07, 6.45) is -1.40. The van der Waals surface area contributed by atoms with Gasteiger partial charge in [0.05, 0.1) is 42.2 Å². The van der Waals surface area contributed by atoms with E-state index in [0.717, 1.165) is 17.4 Å². The summed E-state index contributed by atoms with van der Waals surface area (Å²) < 4.78 is 48.5. The van der Waals surface area contributed by atoms with Crippen molar-refractivity contribution in [1.82, 2.24) is 24.5 Å². The number of nitrogens with one attached hydrogen (secondary N) is 1. The van der Waals surface area contributed by atoms with Gasteiger partial charge in [-0.1, -0.05) is 12.1 Å². The minimum atomic E-state index is -4.55. The summed E-state index contributed by atoms with van der Waals surface area (Å²) in [6, 6.07) is 8.51. The van der Waals surface area contributed by atoms with Gasteiger partial charge < -0.3 is 10.1 Å². The van der Waals surface area contributed by atoms with Gasteiger partial charge in [0.25, 0.3) is 0 Å². The zero-order valence-corrected chi connectivity index (χ0v) is 18.1. The second-order valence-electron chi connectivity index (χ2n) is 7.58. The van der Waals surface area contributed by atoms with E-state index >= 15 is 0 Å². The average molecular weight is 458 g/mol. The summed E-state index contributed by atoms with van der Waals surface area (Å²) >= 11 is 0. The van der Waals surface area contributed by atoms with E-state index in [9.17, 15) is 18.0 Å². The zero-order valence-electron chi connectivity index (χ0n) is 18.1. The number of halogens is 3. The number of fused-ring (bicyclic) bond motifs is 1. The molecule has 0 saturated carbocycles. The van der Waals surface area contributed by atoms with Gasteiger partial charge in [-0.05, 0) is 37.6 Å². The van der Waals surface area contributed by atoms with Crippen molar-refractivity contribution in [2.24, 2.45) is 0 Å². The number of aromatic nitrogens is 5. The van der Waals surface area contributed by atoms with E-state index in [1.165, 1.54) is 24.7 Å². The molecule has 4 aromatic rings. The lowest BCUT2D eigenvalue weighted by molar-refractivity contribution is -0.136. The molecule has 0 aliphatic heterocycles. The molecule has 0 spiro atoms. The predicted octanol–water partition coefficient (Wildman–Crippen LogP) is 3.96. The minimum Gasteiger partial charge on any atom is -0.497 e. The largest absolute Gasteiger partial charge is 0.497 e. The molecule has 3 aromatic heterocycles. The van der Waals surface area contributed by atoms with Gasteiger partial charge in [-0.15, -0.1) is 0 Å². The molecule has 8 nitrogen and oxygen atoms in total. The lowest BCUT2D eigenvalue weighted by Crippen LogP contribution is -2.19. The number of ether oxygens (including phenoxy) is 1. The van der Waals surface area contributed by atoms with Crippen LogP contribution in [0.15, 0.2) is 42.7 Å². The lowest BCUT2D eigenvalue weighted by atomic mass is 10.1. The molecular weight excluding hydrogens is 437 g/mol. The molecule has 1 N–H and O–H groups in total. The van der Waals surface area contributed by atoms with Crippen molar-refractivity contribution >= 4 is 22.6 Å². The molecule has 0 aliphatic carbocycles. The Bertz CT molecular complexity index is 1330. The monoisotopic (exact) mass is 458 g/mol. The number of carbonyl (C=O) groups is 1. The van der Waals surface area contributed by atoms with Crippen LogP contribution in [-0.2, 0) is 24.1 Å². The van der Waals surface area contributed by atoms with Gasteiger partial charge in [0.15, 0.2) is 5.65 Å². The van der Waals surface area contributed by atoms with E-state index in [2.05, 4.69) is 20.5 Å². The molecule has 172 valence electrons. The van der Waals surface area contributed by atoms with Crippen molar-refractivity contribution in [2.45, 2.75) is 33.1 Å². The molecule has 1 amide bonds. The van der Waals surface area contributed by atoms with Crippen molar-refractivity contribution in [2.75, 3.05) is 12.4 Å². The van der Waals surface area contributed by atoms with Crippen LogP contribution in [-0.4, -0.2) is 37.6 Å². The van der Waals surface area contributed by atoms with Gasteiger partial charge in [0.1, 0.15) is 12.3 Å². The lowest BCUT2D eigenvalue weighted by Gasteiger charge is -2.10. The predicted molar refractivity (Wildman–Crippen MR) is 115 cm³/mol. The Morgan fingerprint density at radius 2 is 2.00 bits per heavy atom.